The number of para-hydroxylation sites is 1. The molecule has 0 radical (unpaired) electrons. The van der Waals surface area contributed by atoms with Gasteiger partial charge in [-0.25, -0.2) is 0 Å². The van der Waals surface area contributed by atoms with Gasteiger partial charge in [-0.1, -0.05) is 18.2 Å². The molecule has 128 valence electrons. The lowest BCUT2D eigenvalue weighted by atomic mass is 9.79. The average molecular weight is 333 g/mol. The van der Waals surface area contributed by atoms with Crippen molar-refractivity contribution in [3.8, 4) is 11.4 Å². The Balaban J connectivity index is 1.36. The van der Waals surface area contributed by atoms with Gasteiger partial charge in [-0.15, -0.1) is 10.2 Å². The Bertz CT molecular complexity index is 841. The van der Waals surface area contributed by atoms with E-state index in [1.54, 1.807) is 0 Å². The Morgan fingerprint density at radius 2 is 1.92 bits per heavy atom. The Kier molecular flexibility index (Phi) is 3.48. The minimum absolute atomic E-state index is 0.482. The molecule has 2 N–H and O–H groups in total. The fourth-order valence-electron chi connectivity index (χ4n) is 4.48. The molecule has 3 aliphatic rings. The van der Waals surface area contributed by atoms with Gasteiger partial charge in [0.15, 0.2) is 0 Å². The molecular weight excluding hydrogens is 310 g/mol. The van der Waals surface area contributed by atoms with Gasteiger partial charge in [0.1, 0.15) is 11.5 Å². The third-order valence-corrected chi connectivity index (χ3v) is 5.96. The van der Waals surface area contributed by atoms with Crippen LogP contribution in [-0.2, 0) is 0 Å². The number of aromatic amines is 1. The third kappa shape index (κ3) is 2.59. The van der Waals surface area contributed by atoms with Crippen LogP contribution in [0.1, 0.15) is 19.8 Å². The molecule has 5 heteroatoms. The van der Waals surface area contributed by atoms with Crippen molar-refractivity contribution in [3.05, 3.63) is 42.5 Å². The van der Waals surface area contributed by atoms with Gasteiger partial charge in [-0.2, -0.15) is 0 Å². The summed E-state index contributed by atoms with van der Waals surface area (Å²) >= 11 is 0. The Hall–Kier alpha value is -2.40. The largest absolute Gasteiger partial charge is 0.364 e. The van der Waals surface area contributed by atoms with Crippen molar-refractivity contribution in [2.24, 2.45) is 5.92 Å². The minimum Gasteiger partial charge on any atom is -0.364 e. The van der Waals surface area contributed by atoms with Crippen LogP contribution < -0.4 is 5.32 Å². The summed E-state index contributed by atoms with van der Waals surface area (Å²) in [5.74, 6) is 1.64. The van der Waals surface area contributed by atoms with E-state index in [1.807, 2.05) is 18.2 Å². The molecule has 1 aromatic carbocycles. The van der Waals surface area contributed by atoms with Gasteiger partial charge >= 0.3 is 0 Å². The average Bonchev–Trinajstić information content (AvgIpc) is 3.10. The number of aromatic nitrogens is 3. The van der Waals surface area contributed by atoms with Crippen LogP contribution in [0.25, 0.3) is 22.3 Å². The summed E-state index contributed by atoms with van der Waals surface area (Å²) in [6.45, 7) is 4.82. The second-order valence-corrected chi connectivity index (χ2v) is 7.36. The highest BCUT2D eigenvalue weighted by atomic mass is 15.2. The summed E-state index contributed by atoms with van der Waals surface area (Å²) in [4.78, 5) is 6.00. The summed E-state index contributed by atoms with van der Waals surface area (Å²) < 4.78 is 0. The van der Waals surface area contributed by atoms with Crippen molar-refractivity contribution in [3.63, 3.8) is 0 Å². The van der Waals surface area contributed by atoms with E-state index in [9.17, 15) is 0 Å². The number of hydrogen-bond acceptors (Lipinski definition) is 4. The van der Waals surface area contributed by atoms with Crippen molar-refractivity contribution in [2.45, 2.75) is 31.8 Å². The molecule has 5 nitrogen and oxygen atoms in total. The first-order chi connectivity index (χ1) is 12.3. The number of hydrogen-bond donors (Lipinski definition) is 2. The monoisotopic (exact) mass is 333 g/mol. The molecule has 0 saturated carbocycles. The highest BCUT2D eigenvalue weighted by molar-refractivity contribution is 5.85. The zero-order valence-corrected chi connectivity index (χ0v) is 14.4. The number of nitrogens with zero attached hydrogens (tertiary/aromatic N) is 3. The first kappa shape index (κ1) is 14.9. The lowest BCUT2D eigenvalue weighted by molar-refractivity contribution is 0.0457. The Labute approximate surface area is 147 Å². The number of benzene rings is 1. The van der Waals surface area contributed by atoms with E-state index in [0.29, 0.717) is 12.1 Å². The molecule has 2 aromatic heterocycles. The van der Waals surface area contributed by atoms with E-state index >= 15 is 0 Å². The third-order valence-electron chi connectivity index (χ3n) is 5.96. The van der Waals surface area contributed by atoms with Crippen LogP contribution in [0.5, 0.6) is 0 Å². The molecular formula is C20H23N5. The van der Waals surface area contributed by atoms with Crippen molar-refractivity contribution >= 4 is 16.7 Å². The van der Waals surface area contributed by atoms with Crippen LogP contribution in [0.2, 0.25) is 0 Å². The fourth-order valence-corrected chi connectivity index (χ4v) is 4.48. The zero-order valence-electron chi connectivity index (χ0n) is 14.4. The number of anilines is 1. The lowest BCUT2D eigenvalue weighted by Crippen LogP contribution is -2.59. The normalized spacial score (nSPS) is 28.4. The molecule has 5 heterocycles. The topological polar surface area (TPSA) is 56.8 Å². The molecule has 25 heavy (non-hydrogen) atoms. The van der Waals surface area contributed by atoms with E-state index < -0.39 is 0 Å². The van der Waals surface area contributed by atoms with Crippen molar-refractivity contribution < 1.29 is 0 Å². The predicted molar refractivity (Wildman–Crippen MR) is 100 cm³/mol. The fraction of sp³-hybridized carbons (Fsp3) is 0.400. The molecule has 6 rings (SSSR count). The molecule has 3 aliphatic heterocycles. The highest BCUT2D eigenvalue weighted by Crippen LogP contribution is 2.33. The minimum atomic E-state index is 0.482. The molecule has 3 aromatic rings. The lowest BCUT2D eigenvalue weighted by Gasteiger charge is -2.50. The van der Waals surface area contributed by atoms with Crippen molar-refractivity contribution in [2.75, 3.05) is 18.4 Å². The van der Waals surface area contributed by atoms with Gasteiger partial charge in [0.2, 0.25) is 0 Å². The predicted octanol–water partition coefficient (Wildman–Crippen LogP) is 3.52. The molecule has 2 bridgehead atoms. The molecule has 3 saturated heterocycles. The molecule has 3 fully saturated rings. The maximum atomic E-state index is 4.44. The molecule has 0 spiro atoms. The Morgan fingerprint density at radius 1 is 1.08 bits per heavy atom. The summed E-state index contributed by atoms with van der Waals surface area (Å²) in [6, 6.07) is 15.6. The van der Waals surface area contributed by atoms with Crippen molar-refractivity contribution in [1.29, 1.82) is 0 Å². The first-order valence-corrected chi connectivity index (χ1v) is 9.20. The highest BCUT2D eigenvalue weighted by Gasteiger charge is 2.39. The summed E-state index contributed by atoms with van der Waals surface area (Å²) in [7, 11) is 0. The number of rotatable bonds is 3. The number of H-pyrrole nitrogens is 1. The number of piperidine rings is 3. The van der Waals surface area contributed by atoms with Gasteiger partial charge < -0.3 is 10.3 Å². The van der Waals surface area contributed by atoms with Gasteiger partial charge in [0.25, 0.3) is 0 Å². The van der Waals surface area contributed by atoms with Crippen LogP contribution in [-0.4, -0.2) is 45.3 Å². The van der Waals surface area contributed by atoms with Gasteiger partial charge in [0.05, 0.1) is 5.69 Å². The number of fused-ring (bicyclic) bond motifs is 4. The summed E-state index contributed by atoms with van der Waals surface area (Å²) in [5.41, 5.74) is 3.02. The molecule has 2 atom stereocenters. The molecule has 0 aliphatic carbocycles. The van der Waals surface area contributed by atoms with Crippen LogP contribution in [0.15, 0.2) is 42.5 Å². The first-order valence-electron chi connectivity index (χ1n) is 9.20. The maximum Gasteiger partial charge on any atom is 0.148 e. The SMILES string of the molecule is CC1C(Nc2ccc(-c3cc4ccccc4[nH]3)nn2)C2CCN1CC2. The van der Waals surface area contributed by atoms with E-state index in [-0.39, 0.29) is 0 Å². The van der Waals surface area contributed by atoms with E-state index in [0.717, 1.165) is 28.6 Å². The van der Waals surface area contributed by atoms with Gasteiger partial charge in [0, 0.05) is 23.0 Å². The van der Waals surface area contributed by atoms with Gasteiger partial charge in [-0.3, -0.25) is 4.90 Å². The molecule has 2 unspecified atom stereocenters. The second-order valence-electron chi connectivity index (χ2n) is 7.36. The number of nitrogens with one attached hydrogen (secondary N) is 2. The second kappa shape index (κ2) is 5.85. The van der Waals surface area contributed by atoms with E-state index in [4.69, 9.17) is 0 Å². The van der Waals surface area contributed by atoms with Crippen molar-refractivity contribution in [1.82, 2.24) is 20.1 Å². The van der Waals surface area contributed by atoms with Crippen LogP contribution in [0.3, 0.4) is 0 Å². The quantitative estimate of drug-likeness (QED) is 0.770. The van der Waals surface area contributed by atoms with Crippen LogP contribution >= 0.6 is 0 Å². The summed E-state index contributed by atoms with van der Waals surface area (Å²) in [5, 5.41) is 13.7. The summed E-state index contributed by atoms with van der Waals surface area (Å²) in [6.07, 6.45) is 2.59. The van der Waals surface area contributed by atoms with E-state index in [2.05, 4.69) is 56.6 Å². The zero-order chi connectivity index (χ0) is 16.8. The Morgan fingerprint density at radius 3 is 2.64 bits per heavy atom. The van der Waals surface area contributed by atoms with E-state index in [1.165, 1.54) is 31.3 Å². The maximum absolute atomic E-state index is 4.44. The standard InChI is InChI=1S/C20H23N5/c1-13-20(14-8-10-25(13)11-9-14)22-19-7-6-17(23-24-19)18-12-15-4-2-3-5-16(15)21-18/h2-7,12-14,20-21H,8-11H2,1H3,(H,22,24). The smallest absolute Gasteiger partial charge is 0.148 e. The van der Waals surface area contributed by atoms with Gasteiger partial charge in [-0.05, 0) is 63.0 Å². The van der Waals surface area contributed by atoms with Crippen LogP contribution in [0.4, 0.5) is 5.82 Å². The van der Waals surface area contributed by atoms with Crippen LogP contribution in [0, 0.1) is 5.92 Å². The molecule has 0 amide bonds.